The molecular formula is C18H13N7O4S. The molecule has 0 aliphatic heterocycles. The van der Waals surface area contributed by atoms with E-state index in [0.717, 1.165) is 22.1 Å². The maximum Gasteiger partial charge on any atom is 0.353 e. The van der Waals surface area contributed by atoms with Crippen molar-refractivity contribution in [1.82, 2.24) is 15.0 Å². The maximum absolute atomic E-state index is 11.7. The molecule has 2 heterocycles. The molecule has 11 nitrogen and oxygen atoms in total. The first-order valence-electron chi connectivity index (χ1n) is 8.56. The number of hydrogen-bond donors (Lipinski definition) is 2. The number of fused-ring (bicyclic) bond motifs is 1. The molecule has 4 rings (SSSR count). The number of nitrogens with zero attached hydrogens (tertiary/aromatic N) is 5. The zero-order valence-corrected chi connectivity index (χ0v) is 16.2. The Labute approximate surface area is 172 Å². The average Bonchev–Trinajstić information content (AvgIpc) is 3.09. The van der Waals surface area contributed by atoms with Crippen LogP contribution in [0.15, 0.2) is 48.8 Å². The van der Waals surface area contributed by atoms with Gasteiger partial charge < -0.3 is 10.6 Å². The monoisotopic (exact) mass is 423 g/mol. The van der Waals surface area contributed by atoms with E-state index in [1.165, 1.54) is 29.5 Å². The Morgan fingerprint density at radius 1 is 0.967 bits per heavy atom. The molecule has 0 bridgehead atoms. The zero-order chi connectivity index (χ0) is 21.3. The summed E-state index contributed by atoms with van der Waals surface area (Å²) in [7, 11) is 0. The SMILES string of the molecule is Cc1ccc2nc(Nc3ncnc(Nc4cccc([N+](=O)[O-])c4)c3[N+](=O)[O-])sc2c1. The lowest BCUT2D eigenvalue weighted by molar-refractivity contribution is -0.384. The highest BCUT2D eigenvalue weighted by atomic mass is 32.1. The summed E-state index contributed by atoms with van der Waals surface area (Å²) in [6.45, 7) is 1.97. The van der Waals surface area contributed by atoms with Crippen LogP contribution in [0.2, 0.25) is 0 Å². The summed E-state index contributed by atoms with van der Waals surface area (Å²) in [5.41, 5.74) is 1.57. The second kappa shape index (κ2) is 7.67. The van der Waals surface area contributed by atoms with Gasteiger partial charge in [-0.25, -0.2) is 15.0 Å². The highest BCUT2D eigenvalue weighted by molar-refractivity contribution is 7.22. The first-order valence-corrected chi connectivity index (χ1v) is 9.37. The molecule has 0 saturated carbocycles. The summed E-state index contributed by atoms with van der Waals surface area (Å²) in [5, 5.41) is 28.8. The number of benzene rings is 2. The number of nitro benzene ring substituents is 1. The summed E-state index contributed by atoms with van der Waals surface area (Å²) in [5.74, 6) is -0.145. The van der Waals surface area contributed by atoms with E-state index in [1.807, 2.05) is 25.1 Å². The van der Waals surface area contributed by atoms with E-state index in [4.69, 9.17) is 0 Å². The summed E-state index contributed by atoms with van der Waals surface area (Å²) < 4.78 is 0.934. The van der Waals surface area contributed by atoms with Gasteiger partial charge in [-0.1, -0.05) is 23.5 Å². The van der Waals surface area contributed by atoms with Gasteiger partial charge in [0.05, 0.1) is 20.1 Å². The largest absolute Gasteiger partial charge is 0.353 e. The van der Waals surface area contributed by atoms with Gasteiger partial charge in [0, 0.05) is 17.8 Å². The second-order valence-electron chi connectivity index (χ2n) is 6.22. The maximum atomic E-state index is 11.7. The highest BCUT2D eigenvalue weighted by Crippen LogP contribution is 2.35. The molecule has 2 aromatic carbocycles. The lowest BCUT2D eigenvalue weighted by atomic mass is 10.2. The van der Waals surface area contributed by atoms with E-state index < -0.39 is 15.5 Å². The van der Waals surface area contributed by atoms with E-state index in [9.17, 15) is 20.2 Å². The molecule has 0 radical (unpaired) electrons. The third kappa shape index (κ3) is 3.84. The number of non-ortho nitro benzene ring substituents is 1. The molecule has 0 saturated heterocycles. The van der Waals surface area contributed by atoms with Gasteiger partial charge in [-0.2, -0.15) is 0 Å². The van der Waals surface area contributed by atoms with E-state index in [0.29, 0.717) is 5.13 Å². The van der Waals surface area contributed by atoms with Crippen molar-refractivity contribution in [3.05, 3.63) is 74.6 Å². The van der Waals surface area contributed by atoms with Crippen molar-refractivity contribution in [3.8, 4) is 0 Å². The fourth-order valence-electron chi connectivity index (χ4n) is 2.76. The van der Waals surface area contributed by atoms with Gasteiger partial charge in [0.15, 0.2) is 5.13 Å². The van der Waals surface area contributed by atoms with Crippen LogP contribution in [0.5, 0.6) is 0 Å². The standard InChI is InChI=1S/C18H13N7O4S/c1-10-5-6-13-14(7-10)30-18(22-13)23-17-15(25(28)29)16(19-9-20-17)21-11-3-2-4-12(8-11)24(26)27/h2-9H,1H3,(H2,19,20,21,22,23). The Balaban J connectivity index is 1.69. The van der Waals surface area contributed by atoms with Crippen molar-refractivity contribution in [2.24, 2.45) is 0 Å². The molecule has 2 N–H and O–H groups in total. The molecule has 0 aliphatic carbocycles. The minimum atomic E-state index is -0.626. The predicted molar refractivity (Wildman–Crippen MR) is 113 cm³/mol. The molecule has 150 valence electrons. The van der Waals surface area contributed by atoms with Gasteiger partial charge in [-0.3, -0.25) is 20.2 Å². The summed E-state index contributed by atoms with van der Waals surface area (Å²) >= 11 is 1.34. The number of anilines is 4. The number of aromatic nitrogens is 3. The van der Waals surface area contributed by atoms with Crippen molar-refractivity contribution in [2.75, 3.05) is 10.6 Å². The Morgan fingerprint density at radius 2 is 1.73 bits per heavy atom. The van der Waals surface area contributed by atoms with Crippen LogP contribution in [0.25, 0.3) is 10.2 Å². The van der Waals surface area contributed by atoms with Crippen LogP contribution in [-0.4, -0.2) is 24.8 Å². The van der Waals surface area contributed by atoms with Crippen LogP contribution in [0.4, 0.5) is 33.8 Å². The molecule has 4 aromatic rings. The van der Waals surface area contributed by atoms with Crippen molar-refractivity contribution in [1.29, 1.82) is 0 Å². The molecule has 0 fully saturated rings. The molecule has 2 aromatic heterocycles. The molecular weight excluding hydrogens is 410 g/mol. The topological polar surface area (TPSA) is 149 Å². The number of thiazole rings is 1. The van der Waals surface area contributed by atoms with E-state index in [1.54, 1.807) is 6.07 Å². The van der Waals surface area contributed by atoms with Gasteiger partial charge >= 0.3 is 5.69 Å². The summed E-state index contributed by atoms with van der Waals surface area (Å²) in [4.78, 5) is 33.9. The lowest BCUT2D eigenvalue weighted by Crippen LogP contribution is -2.05. The first-order chi connectivity index (χ1) is 14.4. The van der Waals surface area contributed by atoms with Gasteiger partial charge in [-0.05, 0) is 30.7 Å². The Morgan fingerprint density at radius 3 is 2.47 bits per heavy atom. The molecule has 12 heteroatoms. The fourth-order valence-corrected chi connectivity index (χ4v) is 3.72. The van der Waals surface area contributed by atoms with Crippen LogP contribution in [0.3, 0.4) is 0 Å². The number of aryl methyl sites for hydroxylation is 1. The van der Waals surface area contributed by atoms with Gasteiger partial charge in [0.25, 0.3) is 5.69 Å². The van der Waals surface area contributed by atoms with E-state index in [2.05, 4.69) is 25.6 Å². The van der Waals surface area contributed by atoms with Crippen molar-refractivity contribution < 1.29 is 9.85 Å². The smallest absolute Gasteiger partial charge is 0.334 e. The van der Waals surface area contributed by atoms with Crippen LogP contribution >= 0.6 is 11.3 Å². The second-order valence-corrected chi connectivity index (χ2v) is 7.25. The summed E-state index contributed by atoms with van der Waals surface area (Å²) in [6.07, 6.45) is 1.16. The number of rotatable bonds is 6. The molecule has 0 amide bonds. The number of hydrogen-bond acceptors (Lipinski definition) is 10. The Bertz CT molecular complexity index is 1290. The number of nitro groups is 2. The normalized spacial score (nSPS) is 10.7. The average molecular weight is 423 g/mol. The quantitative estimate of drug-likeness (QED) is 0.332. The van der Waals surface area contributed by atoms with E-state index in [-0.39, 0.29) is 23.0 Å². The van der Waals surface area contributed by atoms with Crippen molar-refractivity contribution in [2.45, 2.75) is 6.92 Å². The number of nitrogens with one attached hydrogen (secondary N) is 2. The third-order valence-electron chi connectivity index (χ3n) is 4.09. The van der Waals surface area contributed by atoms with Crippen LogP contribution in [0.1, 0.15) is 5.56 Å². The van der Waals surface area contributed by atoms with Crippen molar-refractivity contribution >= 4 is 55.4 Å². The van der Waals surface area contributed by atoms with Gasteiger partial charge in [0.2, 0.25) is 11.6 Å². The van der Waals surface area contributed by atoms with Crippen LogP contribution in [0, 0.1) is 27.2 Å². The Kier molecular flexibility index (Phi) is 4.90. The molecule has 0 spiro atoms. The summed E-state index contributed by atoms with van der Waals surface area (Å²) in [6, 6.07) is 11.4. The Hall–Kier alpha value is -4.19. The van der Waals surface area contributed by atoms with E-state index >= 15 is 0 Å². The molecule has 0 aliphatic rings. The van der Waals surface area contributed by atoms with Crippen molar-refractivity contribution in [3.63, 3.8) is 0 Å². The minimum absolute atomic E-state index is 0.0429. The van der Waals surface area contributed by atoms with Gasteiger partial charge in [-0.15, -0.1) is 0 Å². The molecule has 0 atom stereocenters. The molecule has 30 heavy (non-hydrogen) atoms. The van der Waals surface area contributed by atoms with Crippen LogP contribution in [-0.2, 0) is 0 Å². The lowest BCUT2D eigenvalue weighted by Gasteiger charge is -2.08. The zero-order valence-electron chi connectivity index (χ0n) is 15.4. The molecule has 0 unspecified atom stereocenters. The fraction of sp³-hybridized carbons (Fsp3) is 0.0556. The third-order valence-corrected chi connectivity index (χ3v) is 5.03. The van der Waals surface area contributed by atoms with Gasteiger partial charge in [0.1, 0.15) is 6.33 Å². The minimum Gasteiger partial charge on any atom is -0.334 e. The highest BCUT2D eigenvalue weighted by Gasteiger charge is 2.24. The first kappa shape index (κ1) is 19.1. The van der Waals surface area contributed by atoms with Crippen LogP contribution < -0.4 is 10.6 Å². The predicted octanol–water partition coefficient (Wildman–Crippen LogP) is 4.70.